The lowest BCUT2D eigenvalue weighted by atomic mass is 9.82. The number of aromatic hydroxyl groups is 1. The smallest absolute Gasteiger partial charge is 0.348 e. The molecule has 0 radical (unpaired) electrons. The summed E-state index contributed by atoms with van der Waals surface area (Å²) in [6, 6.07) is 26.5. The number of phenols is 1. The van der Waals surface area contributed by atoms with Gasteiger partial charge in [0.05, 0.1) is 20.3 Å². The Morgan fingerprint density at radius 1 is 0.846 bits per heavy atom. The number of phenolic OH excluding ortho intramolecular Hbond substituents is 1. The molecule has 0 amide bonds. The number of fused-ring (bicyclic) bond motifs is 7. The van der Waals surface area contributed by atoms with Crippen LogP contribution in [0.2, 0.25) is 0 Å². The lowest BCUT2D eigenvalue weighted by Crippen LogP contribution is -2.37. The van der Waals surface area contributed by atoms with Crippen LogP contribution in [0.5, 0.6) is 23.0 Å². The van der Waals surface area contributed by atoms with Crippen LogP contribution in [0.25, 0.3) is 32.7 Å². The predicted molar refractivity (Wildman–Crippen MR) is 148 cm³/mol. The molecule has 1 N–H and O–H groups in total. The molecule has 0 aromatic heterocycles. The number of ether oxygens (including phenoxy) is 4. The highest BCUT2D eigenvalue weighted by atomic mass is 16.6. The Morgan fingerprint density at radius 2 is 1.49 bits per heavy atom. The zero-order valence-electron chi connectivity index (χ0n) is 21.6. The van der Waals surface area contributed by atoms with E-state index in [2.05, 4.69) is 0 Å². The molecule has 5 aromatic carbocycles. The normalized spacial score (nSPS) is 19.3. The first kappa shape index (κ1) is 23.6. The van der Waals surface area contributed by atoms with Gasteiger partial charge in [-0.1, -0.05) is 48.5 Å². The fraction of sp³-hybridized carbons (Fsp3) is 0.182. The highest BCUT2D eigenvalue weighted by Crippen LogP contribution is 2.56. The van der Waals surface area contributed by atoms with Crippen LogP contribution in [0.4, 0.5) is 0 Å². The quantitative estimate of drug-likeness (QED) is 0.199. The lowest BCUT2D eigenvalue weighted by Gasteiger charge is -2.25. The van der Waals surface area contributed by atoms with Gasteiger partial charge in [0.25, 0.3) is 0 Å². The molecule has 2 atom stereocenters. The van der Waals surface area contributed by atoms with Crippen molar-refractivity contribution in [1.82, 2.24) is 0 Å². The van der Waals surface area contributed by atoms with E-state index >= 15 is 0 Å². The first-order valence-corrected chi connectivity index (χ1v) is 12.9. The molecule has 2 bridgehead atoms. The van der Waals surface area contributed by atoms with E-state index < -0.39 is 11.6 Å². The van der Waals surface area contributed by atoms with Crippen LogP contribution < -0.4 is 14.2 Å². The SMILES string of the molecule is COc1ccc2ccc(O)c(-c3c(OC(=O)C45CCC(O4)c4ccccc45)ccc4ccc(OC)cc34)c2c1. The summed E-state index contributed by atoms with van der Waals surface area (Å²) in [5.41, 5.74) is 1.90. The van der Waals surface area contributed by atoms with Gasteiger partial charge in [-0.15, -0.1) is 0 Å². The Labute approximate surface area is 225 Å². The van der Waals surface area contributed by atoms with Crippen LogP contribution in [-0.4, -0.2) is 25.3 Å². The van der Waals surface area contributed by atoms with Crippen molar-refractivity contribution >= 4 is 27.5 Å². The second-order valence-corrected chi connectivity index (χ2v) is 10.0. The van der Waals surface area contributed by atoms with Crippen molar-refractivity contribution < 1.29 is 28.8 Å². The third-order valence-corrected chi connectivity index (χ3v) is 8.02. The Hall–Kier alpha value is -4.55. The first-order valence-electron chi connectivity index (χ1n) is 12.9. The Balaban J connectivity index is 1.46. The molecule has 39 heavy (non-hydrogen) atoms. The van der Waals surface area contributed by atoms with E-state index in [1.807, 2.05) is 72.8 Å². The van der Waals surface area contributed by atoms with Crippen LogP contribution in [-0.2, 0) is 15.1 Å². The molecule has 1 saturated heterocycles. The molecule has 2 unspecified atom stereocenters. The van der Waals surface area contributed by atoms with Gasteiger partial charge in [-0.2, -0.15) is 0 Å². The molecular weight excluding hydrogens is 492 g/mol. The zero-order chi connectivity index (χ0) is 26.7. The molecule has 0 aliphatic carbocycles. The Kier molecular flexibility index (Phi) is 5.28. The summed E-state index contributed by atoms with van der Waals surface area (Å²) in [5, 5.41) is 14.6. The van der Waals surface area contributed by atoms with Crippen molar-refractivity contribution in [1.29, 1.82) is 0 Å². The standard InChI is InChI=1S/C33H26O6/c1-36-21-11-7-19-9-13-27(34)30(24(19)17-21)31-25-18-22(37-2)12-8-20(25)10-14-29(31)38-32(35)33-16-15-28(39-33)23-5-3-4-6-26(23)33/h3-14,17-18,28,34H,15-16H2,1-2H3. The maximum Gasteiger partial charge on any atom is 0.348 e. The van der Waals surface area contributed by atoms with E-state index in [0.29, 0.717) is 34.8 Å². The first-order chi connectivity index (χ1) is 19.0. The van der Waals surface area contributed by atoms with Gasteiger partial charge in [0.15, 0.2) is 5.60 Å². The summed E-state index contributed by atoms with van der Waals surface area (Å²) < 4.78 is 23.6. The van der Waals surface area contributed by atoms with E-state index in [0.717, 1.165) is 39.1 Å². The van der Waals surface area contributed by atoms with Gasteiger partial charge in [-0.3, -0.25) is 0 Å². The van der Waals surface area contributed by atoms with Gasteiger partial charge in [-0.05, 0) is 76.3 Å². The number of carbonyl (C=O) groups excluding carboxylic acids is 1. The number of benzene rings is 5. The number of rotatable bonds is 5. The predicted octanol–water partition coefficient (Wildman–Crippen LogP) is 7.05. The molecular formula is C33H26O6. The Morgan fingerprint density at radius 3 is 2.21 bits per heavy atom. The third kappa shape index (κ3) is 3.48. The average Bonchev–Trinajstić information content (AvgIpc) is 3.56. The lowest BCUT2D eigenvalue weighted by molar-refractivity contribution is -0.159. The molecule has 2 heterocycles. The topological polar surface area (TPSA) is 74.2 Å². The zero-order valence-corrected chi connectivity index (χ0v) is 21.6. The van der Waals surface area contributed by atoms with Gasteiger partial charge in [-0.25, -0.2) is 4.79 Å². The summed E-state index contributed by atoms with van der Waals surface area (Å²) in [6.45, 7) is 0. The maximum absolute atomic E-state index is 14.0. The van der Waals surface area contributed by atoms with Gasteiger partial charge in [0, 0.05) is 16.7 Å². The Bertz CT molecular complexity index is 1790. The second kappa shape index (κ2) is 8.75. The van der Waals surface area contributed by atoms with Crippen LogP contribution in [0, 0.1) is 0 Å². The third-order valence-electron chi connectivity index (χ3n) is 8.02. The number of methoxy groups -OCH3 is 2. The van der Waals surface area contributed by atoms with Gasteiger partial charge in [0.1, 0.15) is 23.0 Å². The van der Waals surface area contributed by atoms with Crippen molar-refractivity contribution in [3.63, 3.8) is 0 Å². The van der Waals surface area contributed by atoms with Crippen molar-refractivity contribution in [2.75, 3.05) is 14.2 Å². The molecule has 0 saturated carbocycles. The van der Waals surface area contributed by atoms with Crippen molar-refractivity contribution in [3.05, 3.63) is 96.1 Å². The van der Waals surface area contributed by atoms with Crippen molar-refractivity contribution in [3.8, 4) is 34.1 Å². The van der Waals surface area contributed by atoms with Gasteiger partial charge >= 0.3 is 5.97 Å². The van der Waals surface area contributed by atoms with Crippen LogP contribution in [0.15, 0.2) is 84.9 Å². The average molecular weight is 519 g/mol. The van der Waals surface area contributed by atoms with Crippen LogP contribution >= 0.6 is 0 Å². The highest BCUT2D eigenvalue weighted by molar-refractivity contribution is 6.10. The molecule has 2 aliphatic heterocycles. The molecule has 194 valence electrons. The summed E-state index contributed by atoms with van der Waals surface area (Å²) in [7, 11) is 3.21. The van der Waals surface area contributed by atoms with Crippen LogP contribution in [0.1, 0.15) is 30.1 Å². The summed E-state index contributed by atoms with van der Waals surface area (Å²) in [5.74, 6) is 1.23. The second-order valence-electron chi connectivity index (χ2n) is 10.0. The van der Waals surface area contributed by atoms with Gasteiger partial charge < -0.3 is 24.1 Å². The number of esters is 1. The molecule has 1 fully saturated rings. The minimum absolute atomic E-state index is 0.0601. The molecule has 7 rings (SSSR count). The number of hydrogen-bond donors (Lipinski definition) is 1. The molecule has 5 aromatic rings. The van der Waals surface area contributed by atoms with E-state index in [4.69, 9.17) is 18.9 Å². The van der Waals surface area contributed by atoms with E-state index in [9.17, 15) is 9.90 Å². The fourth-order valence-corrected chi connectivity index (χ4v) is 6.13. The fourth-order valence-electron chi connectivity index (χ4n) is 6.13. The number of hydrogen-bond acceptors (Lipinski definition) is 6. The maximum atomic E-state index is 14.0. The van der Waals surface area contributed by atoms with E-state index in [1.54, 1.807) is 26.4 Å². The largest absolute Gasteiger partial charge is 0.507 e. The molecule has 6 nitrogen and oxygen atoms in total. The van der Waals surface area contributed by atoms with E-state index in [-0.39, 0.29) is 11.9 Å². The van der Waals surface area contributed by atoms with Gasteiger partial charge in [0.2, 0.25) is 0 Å². The monoisotopic (exact) mass is 518 g/mol. The molecule has 6 heteroatoms. The van der Waals surface area contributed by atoms with E-state index in [1.165, 1.54) is 0 Å². The van der Waals surface area contributed by atoms with Crippen LogP contribution in [0.3, 0.4) is 0 Å². The molecule has 0 spiro atoms. The highest BCUT2D eigenvalue weighted by Gasteiger charge is 2.56. The minimum Gasteiger partial charge on any atom is -0.507 e. The number of carbonyl (C=O) groups is 1. The molecule has 2 aliphatic rings. The van der Waals surface area contributed by atoms with Crippen molar-refractivity contribution in [2.45, 2.75) is 24.5 Å². The summed E-state index contributed by atoms with van der Waals surface area (Å²) in [6.07, 6.45) is 1.21. The summed E-state index contributed by atoms with van der Waals surface area (Å²) >= 11 is 0. The minimum atomic E-state index is -1.15. The summed E-state index contributed by atoms with van der Waals surface area (Å²) in [4.78, 5) is 14.0. The van der Waals surface area contributed by atoms with Crippen molar-refractivity contribution in [2.24, 2.45) is 0 Å².